The van der Waals surface area contributed by atoms with Crippen molar-refractivity contribution in [1.82, 2.24) is 24.4 Å². The quantitative estimate of drug-likeness (QED) is 0.393. The molecule has 38 heavy (non-hydrogen) atoms. The summed E-state index contributed by atoms with van der Waals surface area (Å²) in [6.45, 7) is 7.42. The van der Waals surface area contributed by atoms with Gasteiger partial charge in [0, 0.05) is 95.6 Å². The van der Waals surface area contributed by atoms with Crippen LogP contribution in [0.5, 0.6) is 0 Å². The maximum atomic E-state index is 12.4. The Hall–Kier alpha value is -3.50. The minimum absolute atomic E-state index is 0.0721. The number of pyridine rings is 1. The molecule has 0 spiro atoms. The van der Waals surface area contributed by atoms with Gasteiger partial charge in [-0.2, -0.15) is 0 Å². The van der Waals surface area contributed by atoms with Crippen LogP contribution in [0.25, 0.3) is 27.6 Å². The lowest BCUT2D eigenvalue weighted by molar-refractivity contribution is 0.0620. The van der Waals surface area contributed by atoms with Gasteiger partial charge in [-0.3, -0.25) is 4.98 Å². The van der Waals surface area contributed by atoms with Gasteiger partial charge in [-0.1, -0.05) is 0 Å². The van der Waals surface area contributed by atoms with Gasteiger partial charge in [0.1, 0.15) is 0 Å². The van der Waals surface area contributed by atoms with E-state index >= 15 is 0 Å². The first-order valence-electron chi connectivity index (χ1n) is 13.4. The van der Waals surface area contributed by atoms with Crippen molar-refractivity contribution in [2.75, 3.05) is 65.4 Å². The van der Waals surface area contributed by atoms with Crippen LogP contribution in [0.1, 0.15) is 25.3 Å². The Morgan fingerprint density at radius 2 is 1.79 bits per heavy atom. The normalized spacial score (nSPS) is 17.7. The Balaban J connectivity index is 1.56. The van der Waals surface area contributed by atoms with Crippen molar-refractivity contribution >= 4 is 39.4 Å². The minimum Gasteiger partial charge on any atom is -0.401 e. The highest BCUT2D eigenvalue weighted by atomic mass is 16.5. The third-order valence-corrected chi connectivity index (χ3v) is 7.76. The Morgan fingerprint density at radius 3 is 2.42 bits per heavy atom. The van der Waals surface area contributed by atoms with Gasteiger partial charge in [-0.25, -0.2) is 10.6 Å². The van der Waals surface area contributed by atoms with E-state index in [9.17, 15) is 4.79 Å². The number of hydrogen-bond acceptors (Lipinski definition) is 7. The first-order chi connectivity index (χ1) is 18.2. The Bertz CT molecular complexity index is 1340. The van der Waals surface area contributed by atoms with Crippen molar-refractivity contribution < 1.29 is 9.53 Å². The molecule has 10 nitrogen and oxygen atoms in total. The largest absolute Gasteiger partial charge is 0.401 e. The number of nitrogens with zero attached hydrogens (tertiary/aromatic N) is 6. The molecule has 3 aromatic rings. The first kappa shape index (κ1) is 26.1. The number of amides is 2. The van der Waals surface area contributed by atoms with Crippen LogP contribution in [0.2, 0.25) is 0 Å². The van der Waals surface area contributed by atoms with Crippen molar-refractivity contribution in [3.8, 4) is 0 Å². The van der Waals surface area contributed by atoms with Crippen LogP contribution in [-0.4, -0.2) is 90.9 Å². The summed E-state index contributed by atoms with van der Waals surface area (Å²) < 4.78 is 8.06. The highest BCUT2D eigenvalue weighted by Gasteiger charge is 2.24. The van der Waals surface area contributed by atoms with Gasteiger partial charge < -0.3 is 34.7 Å². The van der Waals surface area contributed by atoms with Crippen LogP contribution in [0.3, 0.4) is 0 Å². The summed E-state index contributed by atoms with van der Waals surface area (Å²) in [4.78, 5) is 23.3. The maximum absolute atomic E-state index is 12.4. The van der Waals surface area contributed by atoms with E-state index in [1.807, 2.05) is 18.0 Å². The van der Waals surface area contributed by atoms with Crippen LogP contribution in [0, 0.1) is 5.92 Å². The molecule has 0 unspecified atom stereocenters. The monoisotopic (exact) mass is 520 g/mol. The summed E-state index contributed by atoms with van der Waals surface area (Å²) in [5.41, 5.74) is 12.9. The number of anilines is 1. The molecule has 5 rings (SSSR count). The predicted molar refractivity (Wildman–Crippen MR) is 152 cm³/mol. The molecule has 1 aromatic carbocycles. The van der Waals surface area contributed by atoms with E-state index in [1.165, 1.54) is 11.2 Å². The molecule has 2 fully saturated rings. The molecule has 10 heteroatoms. The molecule has 0 saturated carbocycles. The molecule has 2 aromatic heterocycles. The highest BCUT2D eigenvalue weighted by Crippen LogP contribution is 2.34. The number of rotatable bonds is 5. The second-order valence-electron chi connectivity index (χ2n) is 10.8. The number of piperazine rings is 1. The van der Waals surface area contributed by atoms with E-state index in [1.54, 1.807) is 31.1 Å². The number of urea groups is 1. The van der Waals surface area contributed by atoms with Crippen molar-refractivity contribution in [2.45, 2.75) is 26.3 Å². The molecule has 4 N–H and O–H groups in total. The van der Waals surface area contributed by atoms with E-state index in [2.05, 4.69) is 33.7 Å². The van der Waals surface area contributed by atoms with Gasteiger partial charge in [0.15, 0.2) is 0 Å². The predicted octanol–water partition coefficient (Wildman–Crippen LogP) is 2.87. The Kier molecular flexibility index (Phi) is 7.36. The van der Waals surface area contributed by atoms with Crippen LogP contribution >= 0.6 is 0 Å². The smallest absolute Gasteiger partial charge is 0.319 e. The van der Waals surface area contributed by atoms with Crippen molar-refractivity contribution in [3.05, 3.63) is 41.7 Å². The SMILES string of the molecule is C/C(N)=C(\c1cnc2c3ccc(N4CCN(C(=O)N(C)C)CC4)cc3n(CC3CCOCC3)c2c1)N(C)N. The number of hydrogen-bond donors (Lipinski definition) is 2. The molecule has 0 atom stereocenters. The lowest BCUT2D eigenvalue weighted by Gasteiger charge is -2.37. The fourth-order valence-electron chi connectivity index (χ4n) is 5.80. The van der Waals surface area contributed by atoms with Crippen molar-refractivity contribution in [1.29, 1.82) is 0 Å². The molecule has 0 aliphatic carbocycles. The lowest BCUT2D eigenvalue weighted by atomic mass is 10.0. The molecule has 2 saturated heterocycles. The molecule has 2 aliphatic rings. The molecule has 4 heterocycles. The number of nitrogens with two attached hydrogens (primary N) is 2. The fourth-order valence-corrected chi connectivity index (χ4v) is 5.80. The van der Waals surface area contributed by atoms with E-state index in [4.69, 9.17) is 21.3 Å². The van der Waals surface area contributed by atoms with E-state index in [-0.39, 0.29) is 6.03 Å². The Labute approximate surface area is 224 Å². The zero-order chi connectivity index (χ0) is 27.0. The maximum Gasteiger partial charge on any atom is 0.319 e. The van der Waals surface area contributed by atoms with Crippen LogP contribution < -0.4 is 16.5 Å². The highest BCUT2D eigenvalue weighted by molar-refractivity contribution is 6.07. The summed E-state index contributed by atoms with van der Waals surface area (Å²) in [6.07, 6.45) is 3.97. The van der Waals surface area contributed by atoms with Gasteiger partial charge in [-0.05, 0) is 49.9 Å². The van der Waals surface area contributed by atoms with Crippen LogP contribution in [-0.2, 0) is 11.3 Å². The zero-order valence-corrected chi connectivity index (χ0v) is 23.0. The molecule has 0 bridgehead atoms. The van der Waals surface area contributed by atoms with Crippen LogP contribution in [0.15, 0.2) is 36.2 Å². The summed E-state index contributed by atoms with van der Waals surface area (Å²) in [5.74, 6) is 6.68. The molecule has 204 valence electrons. The number of fused-ring (bicyclic) bond motifs is 3. The number of carbonyl (C=O) groups excluding carboxylic acids is 1. The third kappa shape index (κ3) is 4.98. The molecular weight excluding hydrogens is 480 g/mol. The van der Waals surface area contributed by atoms with Gasteiger partial charge in [0.05, 0.1) is 22.2 Å². The number of ether oxygens (including phenoxy) is 1. The van der Waals surface area contributed by atoms with E-state index < -0.39 is 0 Å². The average Bonchev–Trinajstić information content (AvgIpc) is 3.20. The van der Waals surface area contributed by atoms with Crippen LogP contribution in [0.4, 0.5) is 10.5 Å². The average molecular weight is 521 g/mol. The number of carbonyl (C=O) groups is 1. The number of allylic oxidation sites excluding steroid dienone is 1. The minimum atomic E-state index is 0.0721. The fraction of sp³-hybridized carbons (Fsp3) is 0.500. The molecule has 2 amide bonds. The first-order valence-corrected chi connectivity index (χ1v) is 13.4. The second kappa shape index (κ2) is 10.7. The topological polar surface area (TPSA) is 109 Å². The van der Waals surface area contributed by atoms with E-state index in [0.717, 1.165) is 73.4 Å². The molecular formula is C28H40N8O2. The molecule has 0 radical (unpaired) electrons. The van der Waals surface area contributed by atoms with Crippen molar-refractivity contribution in [2.24, 2.45) is 17.5 Å². The zero-order valence-electron chi connectivity index (χ0n) is 23.0. The summed E-state index contributed by atoms with van der Waals surface area (Å²) in [7, 11) is 5.41. The lowest BCUT2D eigenvalue weighted by Crippen LogP contribution is -2.51. The summed E-state index contributed by atoms with van der Waals surface area (Å²) >= 11 is 0. The van der Waals surface area contributed by atoms with Crippen molar-refractivity contribution in [3.63, 3.8) is 0 Å². The number of hydrazine groups is 1. The molecule has 2 aliphatic heterocycles. The standard InChI is InChI=1S/C28H40N8O2/c1-19(29)27(33(4)30)21-15-25-26(31-17-21)23-6-5-22(34-9-11-35(12-10-34)28(37)32(2)3)16-24(23)36(25)18-20-7-13-38-14-8-20/h5-6,15-17,20H,7-14,18,29-30H2,1-4H3/b27-19-. The van der Waals surface area contributed by atoms with E-state index in [0.29, 0.717) is 24.7 Å². The van der Waals surface area contributed by atoms with Gasteiger partial charge in [0.25, 0.3) is 0 Å². The summed E-state index contributed by atoms with van der Waals surface area (Å²) in [5, 5.41) is 2.70. The Morgan fingerprint density at radius 1 is 1.08 bits per heavy atom. The second-order valence-corrected chi connectivity index (χ2v) is 10.8. The van der Waals surface area contributed by atoms with Gasteiger partial charge in [-0.15, -0.1) is 0 Å². The number of benzene rings is 1. The number of aromatic nitrogens is 2. The third-order valence-electron chi connectivity index (χ3n) is 7.76. The van der Waals surface area contributed by atoms with Gasteiger partial charge in [0.2, 0.25) is 0 Å². The van der Waals surface area contributed by atoms with Gasteiger partial charge >= 0.3 is 6.03 Å². The summed E-state index contributed by atoms with van der Waals surface area (Å²) in [6, 6.07) is 8.91.